The highest BCUT2D eigenvalue weighted by Gasteiger charge is 2.26. The van der Waals surface area contributed by atoms with Gasteiger partial charge in [-0.2, -0.15) is 5.10 Å². The summed E-state index contributed by atoms with van der Waals surface area (Å²) in [7, 11) is 3.17. The zero-order chi connectivity index (χ0) is 25.7. The zero-order valence-corrected chi connectivity index (χ0v) is 21.6. The molecular formula is C27H31ClN4O4. The number of halogens is 1. The molecule has 8 nitrogen and oxygen atoms in total. The monoisotopic (exact) mass is 510 g/mol. The molecular weight excluding hydrogens is 480 g/mol. The molecule has 0 aliphatic carbocycles. The molecule has 1 aromatic heterocycles. The summed E-state index contributed by atoms with van der Waals surface area (Å²) < 4.78 is 12.8. The van der Waals surface area contributed by atoms with Crippen molar-refractivity contribution in [2.24, 2.45) is 7.05 Å². The van der Waals surface area contributed by atoms with Crippen LogP contribution in [0.5, 0.6) is 0 Å². The Bertz CT molecular complexity index is 1190. The molecule has 0 unspecified atom stereocenters. The minimum Gasteiger partial charge on any atom is -0.465 e. The van der Waals surface area contributed by atoms with Gasteiger partial charge in [-0.15, -0.1) is 0 Å². The van der Waals surface area contributed by atoms with E-state index < -0.39 is 0 Å². The summed E-state index contributed by atoms with van der Waals surface area (Å²) in [5, 5.41) is 4.97. The first-order chi connectivity index (χ1) is 17.3. The van der Waals surface area contributed by atoms with Gasteiger partial charge in [0.15, 0.2) is 0 Å². The minimum atomic E-state index is -0.363. The van der Waals surface area contributed by atoms with Crippen LogP contribution in [0.15, 0.2) is 54.6 Å². The quantitative estimate of drug-likeness (QED) is 0.428. The summed E-state index contributed by atoms with van der Waals surface area (Å²) >= 11 is 6.11. The van der Waals surface area contributed by atoms with Gasteiger partial charge in [-0.3, -0.25) is 14.4 Å². The Morgan fingerprint density at radius 2 is 1.69 bits per heavy atom. The molecule has 1 aliphatic heterocycles. The molecule has 1 atom stereocenters. The third-order valence-corrected chi connectivity index (χ3v) is 6.62. The molecule has 9 heteroatoms. The maximum absolute atomic E-state index is 12.9. The summed E-state index contributed by atoms with van der Waals surface area (Å²) in [6.07, 6.45) is -0.176. The van der Waals surface area contributed by atoms with Crippen LogP contribution in [0.25, 0.3) is 0 Å². The Hall–Kier alpha value is -3.20. The molecule has 190 valence electrons. The molecule has 2 heterocycles. The van der Waals surface area contributed by atoms with E-state index in [9.17, 15) is 9.59 Å². The Kier molecular flexibility index (Phi) is 8.40. The second-order valence-corrected chi connectivity index (χ2v) is 9.36. The number of methoxy groups -OCH3 is 1. The van der Waals surface area contributed by atoms with Gasteiger partial charge in [0.25, 0.3) is 5.91 Å². The lowest BCUT2D eigenvalue weighted by molar-refractivity contribution is 0.00329. The summed E-state index contributed by atoms with van der Waals surface area (Å²) in [6, 6.07) is 16.7. The number of hydrogen-bond acceptors (Lipinski definition) is 6. The molecule has 3 aromatic rings. The number of amides is 1. The van der Waals surface area contributed by atoms with Crippen LogP contribution in [-0.4, -0.2) is 71.3 Å². The smallest absolute Gasteiger partial charge is 0.337 e. The normalized spacial score (nSPS) is 15.1. The zero-order valence-electron chi connectivity index (χ0n) is 20.8. The van der Waals surface area contributed by atoms with Gasteiger partial charge in [-0.25, -0.2) is 4.79 Å². The van der Waals surface area contributed by atoms with Crippen molar-refractivity contribution in [2.45, 2.75) is 19.6 Å². The van der Waals surface area contributed by atoms with Crippen molar-refractivity contribution in [3.05, 3.63) is 87.7 Å². The predicted molar refractivity (Wildman–Crippen MR) is 137 cm³/mol. The fourth-order valence-electron chi connectivity index (χ4n) is 4.32. The van der Waals surface area contributed by atoms with E-state index in [-0.39, 0.29) is 18.0 Å². The SMILES string of the molecule is COC(=O)c1ccc(CO[C@@H](CN2CCN(C(=O)c3cc(C)nn3C)CC2)c2ccc(Cl)cc2)cc1. The Labute approximate surface area is 216 Å². The van der Waals surface area contributed by atoms with Crippen LogP contribution in [0.3, 0.4) is 0 Å². The number of piperazine rings is 1. The lowest BCUT2D eigenvalue weighted by Crippen LogP contribution is -2.50. The van der Waals surface area contributed by atoms with Crippen LogP contribution < -0.4 is 0 Å². The van der Waals surface area contributed by atoms with Gasteiger partial charge in [-0.1, -0.05) is 35.9 Å². The second kappa shape index (κ2) is 11.7. The van der Waals surface area contributed by atoms with Crippen LogP contribution in [0.2, 0.25) is 5.02 Å². The van der Waals surface area contributed by atoms with Crippen molar-refractivity contribution < 1.29 is 19.1 Å². The number of aromatic nitrogens is 2. The van der Waals surface area contributed by atoms with Crippen molar-refractivity contribution in [1.29, 1.82) is 0 Å². The molecule has 4 rings (SSSR count). The van der Waals surface area contributed by atoms with Gasteiger partial charge in [0, 0.05) is 44.8 Å². The molecule has 2 aromatic carbocycles. The molecule has 36 heavy (non-hydrogen) atoms. The van der Waals surface area contributed by atoms with Crippen LogP contribution in [0.1, 0.15) is 43.8 Å². The van der Waals surface area contributed by atoms with E-state index in [4.69, 9.17) is 21.1 Å². The number of esters is 1. The fourth-order valence-corrected chi connectivity index (χ4v) is 4.45. The summed E-state index contributed by atoms with van der Waals surface area (Å²) in [6.45, 7) is 5.77. The van der Waals surface area contributed by atoms with Crippen molar-refractivity contribution in [2.75, 3.05) is 39.8 Å². The van der Waals surface area contributed by atoms with E-state index in [0.29, 0.717) is 42.5 Å². The van der Waals surface area contributed by atoms with Crippen molar-refractivity contribution in [1.82, 2.24) is 19.6 Å². The number of carbonyl (C=O) groups excluding carboxylic acids is 2. The van der Waals surface area contributed by atoms with Crippen LogP contribution in [-0.2, 0) is 23.1 Å². The lowest BCUT2D eigenvalue weighted by atomic mass is 10.1. The molecule has 0 saturated carbocycles. The first-order valence-corrected chi connectivity index (χ1v) is 12.3. The lowest BCUT2D eigenvalue weighted by Gasteiger charge is -2.36. The van der Waals surface area contributed by atoms with Crippen LogP contribution in [0, 0.1) is 6.92 Å². The molecule has 0 bridgehead atoms. The average Bonchev–Trinajstić information content (AvgIpc) is 3.24. The number of nitrogens with zero attached hydrogens (tertiary/aromatic N) is 4. The largest absolute Gasteiger partial charge is 0.465 e. The van der Waals surface area contributed by atoms with Gasteiger partial charge in [-0.05, 0) is 48.4 Å². The third kappa shape index (κ3) is 6.32. The van der Waals surface area contributed by atoms with Crippen molar-refractivity contribution >= 4 is 23.5 Å². The topological polar surface area (TPSA) is 76.9 Å². The average molecular weight is 511 g/mol. The van der Waals surface area contributed by atoms with E-state index in [2.05, 4.69) is 10.00 Å². The molecule has 1 aliphatic rings. The fraction of sp³-hybridized carbons (Fsp3) is 0.370. The molecule has 0 radical (unpaired) electrons. The van der Waals surface area contributed by atoms with Gasteiger partial charge >= 0.3 is 5.97 Å². The maximum Gasteiger partial charge on any atom is 0.337 e. The number of rotatable bonds is 8. The highest BCUT2D eigenvalue weighted by Crippen LogP contribution is 2.24. The van der Waals surface area contributed by atoms with Gasteiger partial charge in [0.1, 0.15) is 5.69 Å². The molecule has 0 N–H and O–H groups in total. The number of carbonyl (C=O) groups is 2. The van der Waals surface area contributed by atoms with E-state index in [1.54, 1.807) is 23.9 Å². The van der Waals surface area contributed by atoms with Gasteiger partial charge in [0.05, 0.1) is 31.1 Å². The Morgan fingerprint density at radius 1 is 1.03 bits per heavy atom. The first-order valence-electron chi connectivity index (χ1n) is 11.9. The maximum atomic E-state index is 12.9. The third-order valence-electron chi connectivity index (χ3n) is 6.37. The predicted octanol–water partition coefficient (Wildman–Crippen LogP) is 3.88. The van der Waals surface area contributed by atoms with Gasteiger partial charge in [0.2, 0.25) is 0 Å². The minimum absolute atomic E-state index is 0.0126. The standard InChI is InChI=1S/C27H31ClN4O4/c1-19-16-24(30(2)29-19)26(33)32-14-12-31(13-15-32)17-25(21-8-10-23(28)11-9-21)36-18-20-4-6-22(7-5-20)27(34)35-3/h4-11,16,25H,12-15,17-18H2,1-3H3/t25-/m0/s1. The number of ether oxygens (including phenoxy) is 2. The van der Waals surface area contributed by atoms with Crippen LogP contribution >= 0.6 is 11.6 Å². The van der Waals surface area contributed by atoms with E-state index >= 15 is 0 Å². The Morgan fingerprint density at radius 3 is 2.28 bits per heavy atom. The van der Waals surface area contributed by atoms with E-state index in [1.165, 1.54) is 7.11 Å². The number of hydrogen-bond donors (Lipinski definition) is 0. The van der Waals surface area contributed by atoms with Gasteiger partial charge < -0.3 is 14.4 Å². The molecule has 0 spiro atoms. The molecule has 1 saturated heterocycles. The van der Waals surface area contributed by atoms with Crippen molar-refractivity contribution in [3.8, 4) is 0 Å². The molecule has 1 fully saturated rings. The summed E-state index contributed by atoms with van der Waals surface area (Å²) in [5.41, 5.74) is 3.95. The van der Waals surface area contributed by atoms with Crippen molar-refractivity contribution in [3.63, 3.8) is 0 Å². The van der Waals surface area contributed by atoms with E-state index in [1.807, 2.05) is 54.3 Å². The highest BCUT2D eigenvalue weighted by molar-refractivity contribution is 6.30. The Balaban J connectivity index is 1.38. The second-order valence-electron chi connectivity index (χ2n) is 8.93. The molecule has 1 amide bonds. The summed E-state index contributed by atoms with van der Waals surface area (Å²) in [4.78, 5) is 28.8. The van der Waals surface area contributed by atoms with E-state index in [0.717, 1.165) is 29.9 Å². The summed E-state index contributed by atoms with van der Waals surface area (Å²) in [5.74, 6) is -0.351. The van der Waals surface area contributed by atoms with Crippen LogP contribution in [0.4, 0.5) is 0 Å². The number of benzene rings is 2. The highest BCUT2D eigenvalue weighted by atomic mass is 35.5. The number of aryl methyl sites for hydroxylation is 2. The first kappa shape index (κ1) is 25.9.